The number of carbonyl (C=O) groups excluding carboxylic acids is 1. The summed E-state index contributed by atoms with van der Waals surface area (Å²) in [5.41, 5.74) is 0. The van der Waals surface area contributed by atoms with Gasteiger partial charge in [-0.25, -0.2) is 0 Å². The normalized spacial score (nSPS) is 20.0. The Bertz CT molecular complexity index is 568. The lowest BCUT2D eigenvalue weighted by Gasteiger charge is -2.35. The molecule has 0 spiro atoms. The molecule has 0 saturated carbocycles. The highest BCUT2D eigenvalue weighted by Crippen LogP contribution is 2.17. The van der Waals surface area contributed by atoms with E-state index in [0.717, 1.165) is 64.4 Å². The van der Waals surface area contributed by atoms with E-state index in [2.05, 4.69) is 14.7 Å². The zero-order valence-electron chi connectivity index (χ0n) is 15.5. The zero-order valence-corrected chi connectivity index (χ0v) is 16.3. The molecule has 2 fully saturated rings. The summed E-state index contributed by atoms with van der Waals surface area (Å²) in [6, 6.07) is 7.52. The van der Waals surface area contributed by atoms with Crippen LogP contribution in [-0.4, -0.2) is 79.6 Å². The van der Waals surface area contributed by atoms with Gasteiger partial charge >= 0.3 is 0 Å². The molecule has 0 aliphatic carbocycles. The number of likely N-dealkylation sites (tertiary alicyclic amines) is 1. The standard InChI is InChI=1S/C20H30ClN3O2/c21-18-6-5-7-19(16-18)26-15-14-22-10-12-23(13-11-22)17-20(25)24-8-3-1-2-4-9-24/h5-7,16H,1-4,8-15,17H2. The number of benzene rings is 1. The number of hydrogen-bond acceptors (Lipinski definition) is 4. The van der Waals surface area contributed by atoms with Crippen LogP contribution in [0.5, 0.6) is 5.75 Å². The zero-order chi connectivity index (χ0) is 18.2. The van der Waals surface area contributed by atoms with Gasteiger partial charge in [0.05, 0.1) is 6.54 Å². The summed E-state index contributed by atoms with van der Waals surface area (Å²) in [4.78, 5) is 19.3. The molecule has 0 atom stereocenters. The Labute approximate surface area is 161 Å². The number of hydrogen-bond donors (Lipinski definition) is 0. The molecule has 2 aliphatic rings. The van der Waals surface area contributed by atoms with E-state index >= 15 is 0 Å². The minimum atomic E-state index is 0.310. The van der Waals surface area contributed by atoms with Crippen LogP contribution in [0.15, 0.2) is 24.3 Å². The van der Waals surface area contributed by atoms with E-state index in [1.807, 2.05) is 24.3 Å². The summed E-state index contributed by atoms with van der Waals surface area (Å²) in [5.74, 6) is 1.13. The van der Waals surface area contributed by atoms with Crippen LogP contribution in [0.2, 0.25) is 5.02 Å². The monoisotopic (exact) mass is 379 g/mol. The average Bonchev–Trinajstić information content (AvgIpc) is 2.93. The van der Waals surface area contributed by atoms with Gasteiger partial charge in [-0.15, -0.1) is 0 Å². The predicted octanol–water partition coefficient (Wildman–Crippen LogP) is 2.74. The molecule has 1 aromatic rings. The number of ether oxygens (including phenoxy) is 1. The average molecular weight is 380 g/mol. The SMILES string of the molecule is O=C(CN1CCN(CCOc2cccc(Cl)c2)CC1)N1CCCCCC1. The fourth-order valence-electron chi connectivity index (χ4n) is 3.63. The number of carbonyl (C=O) groups is 1. The van der Waals surface area contributed by atoms with Gasteiger partial charge in [-0.2, -0.15) is 0 Å². The third-order valence-corrected chi connectivity index (χ3v) is 5.49. The highest BCUT2D eigenvalue weighted by Gasteiger charge is 2.22. The Morgan fingerprint density at radius 1 is 0.962 bits per heavy atom. The number of nitrogens with zero attached hydrogens (tertiary/aromatic N) is 3. The third-order valence-electron chi connectivity index (χ3n) is 5.25. The molecular weight excluding hydrogens is 350 g/mol. The molecule has 0 N–H and O–H groups in total. The Hall–Kier alpha value is -1.30. The van der Waals surface area contributed by atoms with Gasteiger partial charge in [-0.05, 0) is 31.0 Å². The lowest BCUT2D eigenvalue weighted by Crippen LogP contribution is -2.50. The van der Waals surface area contributed by atoms with E-state index in [1.165, 1.54) is 12.8 Å². The molecule has 1 amide bonds. The second kappa shape index (κ2) is 10.1. The maximum atomic E-state index is 12.5. The second-order valence-corrected chi connectivity index (χ2v) is 7.66. The molecule has 144 valence electrons. The van der Waals surface area contributed by atoms with Crippen molar-refractivity contribution in [1.29, 1.82) is 0 Å². The summed E-state index contributed by atoms with van der Waals surface area (Å²) < 4.78 is 5.77. The molecule has 0 radical (unpaired) electrons. The molecule has 3 rings (SSSR count). The summed E-state index contributed by atoms with van der Waals surface area (Å²) >= 11 is 5.97. The predicted molar refractivity (Wildman–Crippen MR) is 105 cm³/mol. The molecule has 2 aliphatic heterocycles. The molecule has 0 bridgehead atoms. The van der Waals surface area contributed by atoms with E-state index in [1.54, 1.807) is 0 Å². The van der Waals surface area contributed by atoms with E-state index < -0.39 is 0 Å². The Morgan fingerprint density at radius 3 is 2.35 bits per heavy atom. The van der Waals surface area contributed by atoms with Gasteiger partial charge in [0.2, 0.25) is 5.91 Å². The third kappa shape index (κ3) is 6.15. The largest absolute Gasteiger partial charge is 0.492 e. The lowest BCUT2D eigenvalue weighted by molar-refractivity contribution is -0.132. The van der Waals surface area contributed by atoms with Gasteiger partial charge < -0.3 is 9.64 Å². The van der Waals surface area contributed by atoms with Crippen molar-refractivity contribution in [3.8, 4) is 5.75 Å². The lowest BCUT2D eigenvalue weighted by atomic mass is 10.2. The van der Waals surface area contributed by atoms with Crippen molar-refractivity contribution in [3.05, 3.63) is 29.3 Å². The van der Waals surface area contributed by atoms with Gasteiger partial charge in [0.25, 0.3) is 0 Å². The van der Waals surface area contributed by atoms with Gasteiger partial charge in [0.1, 0.15) is 12.4 Å². The van der Waals surface area contributed by atoms with E-state index in [4.69, 9.17) is 16.3 Å². The Kier molecular flexibility index (Phi) is 7.59. The van der Waals surface area contributed by atoms with Crippen LogP contribution < -0.4 is 4.74 Å². The Balaban J connectivity index is 1.33. The maximum absolute atomic E-state index is 12.5. The van der Waals surface area contributed by atoms with Crippen LogP contribution in [0.25, 0.3) is 0 Å². The molecule has 26 heavy (non-hydrogen) atoms. The number of piperazine rings is 1. The fourth-order valence-corrected chi connectivity index (χ4v) is 3.81. The van der Waals surface area contributed by atoms with Crippen molar-refractivity contribution in [1.82, 2.24) is 14.7 Å². The van der Waals surface area contributed by atoms with Crippen LogP contribution in [0, 0.1) is 0 Å². The molecule has 1 aromatic carbocycles. The van der Waals surface area contributed by atoms with Crippen LogP contribution in [-0.2, 0) is 4.79 Å². The first-order chi connectivity index (χ1) is 12.7. The van der Waals surface area contributed by atoms with Gasteiger partial charge in [0, 0.05) is 50.8 Å². The minimum absolute atomic E-state index is 0.310. The number of rotatable bonds is 6. The highest BCUT2D eigenvalue weighted by atomic mass is 35.5. The van der Waals surface area contributed by atoms with Crippen molar-refractivity contribution in [2.45, 2.75) is 25.7 Å². The van der Waals surface area contributed by atoms with E-state index in [0.29, 0.717) is 24.1 Å². The van der Waals surface area contributed by atoms with Gasteiger partial charge in [-0.1, -0.05) is 30.5 Å². The van der Waals surface area contributed by atoms with Gasteiger partial charge in [0.15, 0.2) is 0 Å². The van der Waals surface area contributed by atoms with Crippen LogP contribution in [0.1, 0.15) is 25.7 Å². The molecule has 6 heteroatoms. The molecule has 0 aromatic heterocycles. The first kappa shape index (κ1) is 19.5. The summed E-state index contributed by atoms with van der Waals surface area (Å²) in [6.45, 7) is 7.92. The topological polar surface area (TPSA) is 36.0 Å². The number of amides is 1. The first-order valence-electron chi connectivity index (χ1n) is 9.81. The number of halogens is 1. The van der Waals surface area contributed by atoms with Crippen LogP contribution in [0.4, 0.5) is 0 Å². The molecule has 0 unspecified atom stereocenters. The smallest absolute Gasteiger partial charge is 0.236 e. The van der Waals surface area contributed by atoms with Crippen molar-refractivity contribution in [3.63, 3.8) is 0 Å². The maximum Gasteiger partial charge on any atom is 0.236 e. The first-order valence-corrected chi connectivity index (χ1v) is 10.2. The molecule has 5 nitrogen and oxygen atoms in total. The van der Waals surface area contributed by atoms with Crippen molar-refractivity contribution in [2.75, 3.05) is 59.0 Å². The highest BCUT2D eigenvalue weighted by molar-refractivity contribution is 6.30. The van der Waals surface area contributed by atoms with Crippen LogP contribution in [0.3, 0.4) is 0 Å². The Morgan fingerprint density at radius 2 is 1.65 bits per heavy atom. The summed E-state index contributed by atoms with van der Waals surface area (Å²) in [5, 5.41) is 0.699. The summed E-state index contributed by atoms with van der Waals surface area (Å²) in [6.07, 6.45) is 4.84. The molecule has 2 saturated heterocycles. The van der Waals surface area contributed by atoms with Gasteiger partial charge in [-0.3, -0.25) is 14.6 Å². The fraction of sp³-hybridized carbons (Fsp3) is 0.650. The summed E-state index contributed by atoms with van der Waals surface area (Å²) in [7, 11) is 0. The molecular formula is C20H30ClN3O2. The molecule has 2 heterocycles. The quantitative estimate of drug-likeness (QED) is 0.761. The minimum Gasteiger partial charge on any atom is -0.492 e. The van der Waals surface area contributed by atoms with Crippen molar-refractivity contribution in [2.24, 2.45) is 0 Å². The van der Waals surface area contributed by atoms with E-state index in [9.17, 15) is 4.79 Å². The van der Waals surface area contributed by atoms with Crippen LogP contribution >= 0.6 is 11.6 Å². The van der Waals surface area contributed by atoms with Crippen molar-refractivity contribution >= 4 is 17.5 Å². The van der Waals surface area contributed by atoms with Crippen molar-refractivity contribution < 1.29 is 9.53 Å². The van der Waals surface area contributed by atoms with E-state index in [-0.39, 0.29) is 0 Å². The second-order valence-electron chi connectivity index (χ2n) is 7.22.